The highest BCUT2D eigenvalue weighted by Crippen LogP contribution is 2.29. The summed E-state index contributed by atoms with van der Waals surface area (Å²) in [7, 11) is 1.02. The minimum absolute atomic E-state index is 0.456. The number of carboxylic acids is 1. The van der Waals surface area contributed by atoms with Gasteiger partial charge in [-0.25, -0.2) is 0 Å². The van der Waals surface area contributed by atoms with Crippen LogP contribution in [0.1, 0.15) is 5.56 Å². The van der Waals surface area contributed by atoms with E-state index in [-0.39, 0.29) is 0 Å². The fourth-order valence-electron chi connectivity index (χ4n) is 1.29. The first kappa shape index (κ1) is 13.1. The number of carboxylic acid groups (broad SMARTS) is 1. The largest absolute Gasteiger partial charge is 0.480 e. The van der Waals surface area contributed by atoms with Crippen molar-refractivity contribution in [3.63, 3.8) is 0 Å². The maximum Gasteiger partial charge on any atom is 0.349 e. The van der Waals surface area contributed by atoms with Crippen molar-refractivity contribution in [1.82, 2.24) is 4.90 Å². The highest BCUT2D eigenvalue weighted by Gasteiger charge is 2.43. The van der Waals surface area contributed by atoms with E-state index in [2.05, 4.69) is 0 Å². The summed E-state index contributed by atoms with van der Waals surface area (Å²) in [5.74, 6) is -6.60. The van der Waals surface area contributed by atoms with Gasteiger partial charge < -0.3 is 10.0 Å². The van der Waals surface area contributed by atoms with Crippen LogP contribution in [0.2, 0.25) is 0 Å². The van der Waals surface area contributed by atoms with Gasteiger partial charge in [-0.05, 0) is 0 Å². The fraction of sp³-hybridized carbons (Fsp3) is 0.273. The highest BCUT2D eigenvalue weighted by molar-refractivity contribution is 5.87. The first-order valence-corrected chi connectivity index (χ1v) is 4.76. The summed E-state index contributed by atoms with van der Waals surface area (Å²) >= 11 is 0. The lowest BCUT2D eigenvalue weighted by atomic mass is 10.1. The van der Waals surface area contributed by atoms with Crippen LogP contribution in [0.15, 0.2) is 30.3 Å². The third-order valence-corrected chi connectivity index (χ3v) is 2.12. The summed E-state index contributed by atoms with van der Waals surface area (Å²) in [5.41, 5.74) is -0.456. The van der Waals surface area contributed by atoms with Crippen LogP contribution in [-0.2, 0) is 15.5 Å². The number of likely N-dealkylation sites (N-methyl/N-ethyl adjacent to an activating group) is 1. The third-order valence-electron chi connectivity index (χ3n) is 2.12. The molecule has 0 atom stereocenters. The van der Waals surface area contributed by atoms with Gasteiger partial charge in [0, 0.05) is 12.6 Å². The first-order chi connectivity index (χ1) is 7.85. The maximum absolute atomic E-state index is 13.7. The molecular formula is C11H11F2NO3. The number of hydrogen-bond acceptors (Lipinski definition) is 2. The molecule has 0 aliphatic heterocycles. The standard InChI is InChI=1S/C11H11F2NO3/c1-14(7-9(15)16)10(17)11(12,13)8-5-3-2-4-6-8/h2-6H,7H2,1H3,(H,15,16). The third kappa shape index (κ3) is 2.99. The fourth-order valence-corrected chi connectivity index (χ4v) is 1.29. The Labute approximate surface area is 96.5 Å². The predicted octanol–water partition coefficient (Wildman–Crippen LogP) is 1.32. The molecule has 0 fully saturated rings. The van der Waals surface area contributed by atoms with Crippen molar-refractivity contribution in [3.8, 4) is 0 Å². The van der Waals surface area contributed by atoms with Crippen LogP contribution < -0.4 is 0 Å². The molecule has 92 valence electrons. The summed E-state index contributed by atoms with van der Waals surface area (Å²) in [6, 6.07) is 6.55. The molecule has 0 aliphatic carbocycles. The van der Waals surface area contributed by atoms with Crippen LogP contribution in [0.5, 0.6) is 0 Å². The average molecular weight is 243 g/mol. The van der Waals surface area contributed by atoms with Crippen LogP contribution in [0.25, 0.3) is 0 Å². The van der Waals surface area contributed by atoms with Gasteiger partial charge in [-0.1, -0.05) is 30.3 Å². The second-order valence-corrected chi connectivity index (χ2v) is 3.50. The Bertz CT molecular complexity index is 420. The Balaban J connectivity index is 2.91. The average Bonchev–Trinajstić information content (AvgIpc) is 2.28. The van der Waals surface area contributed by atoms with Gasteiger partial charge in [0.05, 0.1) is 0 Å². The zero-order chi connectivity index (χ0) is 13.1. The number of rotatable bonds is 4. The summed E-state index contributed by atoms with van der Waals surface area (Å²) in [6.07, 6.45) is 0. The normalized spacial score (nSPS) is 11.0. The van der Waals surface area contributed by atoms with Crippen LogP contribution >= 0.6 is 0 Å². The molecule has 0 heterocycles. The van der Waals surface area contributed by atoms with Gasteiger partial charge in [0.2, 0.25) is 0 Å². The van der Waals surface area contributed by atoms with Gasteiger partial charge in [0.1, 0.15) is 6.54 Å². The quantitative estimate of drug-likeness (QED) is 0.867. The molecule has 6 heteroatoms. The van der Waals surface area contributed by atoms with E-state index in [9.17, 15) is 18.4 Å². The predicted molar refractivity (Wildman–Crippen MR) is 55.6 cm³/mol. The van der Waals surface area contributed by atoms with Gasteiger partial charge in [0.15, 0.2) is 0 Å². The van der Waals surface area contributed by atoms with Crippen molar-refractivity contribution in [3.05, 3.63) is 35.9 Å². The molecule has 0 saturated heterocycles. The lowest BCUT2D eigenvalue weighted by molar-refractivity contribution is -0.161. The first-order valence-electron chi connectivity index (χ1n) is 4.76. The lowest BCUT2D eigenvalue weighted by Crippen LogP contribution is -2.41. The van der Waals surface area contributed by atoms with Crippen molar-refractivity contribution in [1.29, 1.82) is 0 Å². The van der Waals surface area contributed by atoms with Crippen molar-refractivity contribution in [2.45, 2.75) is 5.92 Å². The zero-order valence-electron chi connectivity index (χ0n) is 9.06. The number of carbonyl (C=O) groups excluding carboxylic acids is 1. The molecule has 1 amide bonds. The Morgan fingerprint density at radius 2 is 1.82 bits per heavy atom. The molecule has 1 aromatic rings. The van der Waals surface area contributed by atoms with Crippen LogP contribution in [0.4, 0.5) is 8.78 Å². The molecular weight excluding hydrogens is 232 g/mol. The molecule has 0 aromatic heterocycles. The minimum Gasteiger partial charge on any atom is -0.480 e. The van der Waals surface area contributed by atoms with Gasteiger partial charge in [0.25, 0.3) is 5.91 Å². The van der Waals surface area contributed by atoms with E-state index in [0.29, 0.717) is 4.90 Å². The Kier molecular flexibility index (Phi) is 3.77. The van der Waals surface area contributed by atoms with E-state index in [1.807, 2.05) is 0 Å². The maximum atomic E-state index is 13.7. The summed E-state index contributed by atoms with van der Waals surface area (Å²) in [5, 5.41) is 8.43. The van der Waals surface area contributed by atoms with Gasteiger partial charge in [-0.2, -0.15) is 8.78 Å². The molecule has 0 spiro atoms. The number of carbonyl (C=O) groups is 2. The number of alkyl halides is 2. The van der Waals surface area contributed by atoms with Crippen LogP contribution in [0, 0.1) is 0 Å². The number of nitrogens with zero attached hydrogens (tertiary/aromatic N) is 1. The van der Waals surface area contributed by atoms with Crippen molar-refractivity contribution >= 4 is 11.9 Å². The van der Waals surface area contributed by atoms with E-state index >= 15 is 0 Å². The topological polar surface area (TPSA) is 57.6 Å². The monoisotopic (exact) mass is 243 g/mol. The second-order valence-electron chi connectivity index (χ2n) is 3.50. The van der Waals surface area contributed by atoms with E-state index in [4.69, 9.17) is 5.11 Å². The summed E-state index contributed by atoms with van der Waals surface area (Å²) in [6.45, 7) is -0.763. The van der Waals surface area contributed by atoms with Crippen molar-refractivity contribution in [2.75, 3.05) is 13.6 Å². The van der Waals surface area contributed by atoms with E-state index < -0.39 is 29.9 Å². The second kappa shape index (κ2) is 4.90. The molecule has 0 aliphatic rings. The molecule has 17 heavy (non-hydrogen) atoms. The van der Waals surface area contributed by atoms with E-state index in [1.54, 1.807) is 6.07 Å². The van der Waals surface area contributed by atoms with Gasteiger partial charge in [-0.3, -0.25) is 9.59 Å². The molecule has 0 saturated carbocycles. The number of aliphatic carboxylic acids is 1. The molecule has 0 radical (unpaired) electrons. The molecule has 0 unspecified atom stereocenters. The molecule has 1 rings (SSSR count). The van der Waals surface area contributed by atoms with Crippen molar-refractivity contribution in [2.24, 2.45) is 0 Å². The van der Waals surface area contributed by atoms with Crippen LogP contribution in [-0.4, -0.2) is 35.5 Å². The molecule has 0 bridgehead atoms. The highest BCUT2D eigenvalue weighted by atomic mass is 19.3. The number of hydrogen-bond donors (Lipinski definition) is 1. The summed E-state index contributed by atoms with van der Waals surface area (Å²) in [4.78, 5) is 22.2. The summed E-state index contributed by atoms with van der Waals surface area (Å²) < 4.78 is 27.3. The lowest BCUT2D eigenvalue weighted by Gasteiger charge is -2.22. The van der Waals surface area contributed by atoms with Crippen LogP contribution in [0.3, 0.4) is 0 Å². The molecule has 4 nitrogen and oxygen atoms in total. The van der Waals surface area contributed by atoms with E-state index in [0.717, 1.165) is 19.2 Å². The Morgan fingerprint density at radius 3 is 2.29 bits per heavy atom. The smallest absolute Gasteiger partial charge is 0.349 e. The minimum atomic E-state index is -3.72. The van der Waals surface area contributed by atoms with Crippen molar-refractivity contribution < 1.29 is 23.5 Å². The van der Waals surface area contributed by atoms with Gasteiger partial charge in [-0.15, -0.1) is 0 Å². The molecule has 1 aromatic carbocycles. The Morgan fingerprint density at radius 1 is 1.29 bits per heavy atom. The number of benzene rings is 1. The SMILES string of the molecule is CN(CC(=O)O)C(=O)C(F)(F)c1ccccc1. The molecule has 1 N–H and O–H groups in total. The van der Waals surface area contributed by atoms with E-state index in [1.165, 1.54) is 12.1 Å². The van der Waals surface area contributed by atoms with Gasteiger partial charge >= 0.3 is 11.9 Å². The zero-order valence-corrected chi connectivity index (χ0v) is 9.06. The number of amides is 1. The number of halogens is 2. The Hall–Kier alpha value is -1.98.